The summed E-state index contributed by atoms with van der Waals surface area (Å²) in [5, 5.41) is 7.52. The fourth-order valence-corrected chi connectivity index (χ4v) is 4.29. The largest absolute Gasteiger partial charge is 0.416 e. The van der Waals surface area contributed by atoms with Crippen LogP contribution in [0.5, 0.6) is 0 Å². The molecule has 1 saturated heterocycles. The highest BCUT2D eigenvalue weighted by Crippen LogP contribution is 2.31. The molecule has 9 nitrogen and oxygen atoms in total. The average molecular weight is 549 g/mol. The van der Waals surface area contributed by atoms with Gasteiger partial charge in [0.25, 0.3) is 5.91 Å². The van der Waals surface area contributed by atoms with E-state index < -0.39 is 41.4 Å². The minimum atomic E-state index is -4.52. The van der Waals surface area contributed by atoms with Gasteiger partial charge in [-0.05, 0) is 49.7 Å². The van der Waals surface area contributed by atoms with Crippen LogP contribution >= 0.6 is 11.8 Å². The maximum absolute atomic E-state index is 12.9. The first-order valence-electron chi connectivity index (χ1n) is 11.2. The van der Waals surface area contributed by atoms with Gasteiger partial charge in [0.15, 0.2) is 0 Å². The lowest BCUT2D eigenvalue weighted by molar-refractivity contribution is -0.148. The highest BCUT2D eigenvalue weighted by molar-refractivity contribution is 8.00. The average Bonchev–Trinajstić information content (AvgIpc) is 2.84. The number of nitrogens with one attached hydrogen (secondary N) is 3. The number of imide groups is 2. The molecule has 1 atom stereocenters. The Morgan fingerprint density at radius 3 is 2.45 bits per heavy atom. The maximum atomic E-state index is 12.9. The zero-order valence-corrected chi connectivity index (χ0v) is 20.8. The predicted octanol–water partition coefficient (Wildman–Crippen LogP) is 3.54. The number of carbonyl (C=O) groups excluding carboxylic acids is 5. The molecule has 38 heavy (non-hydrogen) atoms. The molecule has 1 fully saturated rings. The predicted molar refractivity (Wildman–Crippen MR) is 134 cm³/mol. The van der Waals surface area contributed by atoms with E-state index in [9.17, 15) is 37.1 Å². The first-order valence-corrected chi connectivity index (χ1v) is 12.2. The number of hydrogen-bond donors (Lipinski definition) is 3. The van der Waals surface area contributed by atoms with Gasteiger partial charge in [-0.3, -0.25) is 34.2 Å². The van der Waals surface area contributed by atoms with Crippen molar-refractivity contribution in [3.63, 3.8) is 0 Å². The van der Waals surface area contributed by atoms with Gasteiger partial charge >= 0.3 is 6.18 Å². The van der Waals surface area contributed by atoms with E-state index in [0.29, 0.717) is 16.3 Å². The molecule has 0 radical (unpaired) electrons. The van der Waals surface area contributed by atoms with Crippen molar-refractivity contribution < 1.29 is 37.1 Å². The molecule has 13 heteroatoms. The number of hydrogen-bond acceptors (Lipinski definition) is 7. The van der Waals surface area contributed by atoms with Gasteiger partial charge < -0.3 is 10.6 Å². The number of benzene rings is 2. The minimum Gasteiger partial charge on any atom is -0.359 e. The van der Waals surface area contributed by atoms with Crippen LogP contribution in [0.1, 0.15) is 25.3 Å². The van der Waals surface area contributed by atoms with Crippen molar-refractivity contribution in [3.05, 3.63) is 65.9 Å². The van der Waals surface area contributed by atoms with E-state index in [1.165, 1.54) is 12.1 Å². The first kappa shape index (κ1) is 28.4. The summed E-state index contributed by atoms with van der Waals surface area (Å²) in [4.78, 5) is 61.0. The van der Waals surface area contributed by atoms with E-state index in [1.54, 1.807) is 31.2 Å². The summed E-state index contributed by atoms with van der Waals surface area (Å²) in [7, 11) is 0. The van der Waals surface area contributed by atoms with Crippen LogP contribution in [0.4, 0.5) is 24.5 Å². The van der Waals surface area contributed by atoms with Crippen molar-refractivity contribution in [2.75, 3.05) is 16.4 Å². The number of halogens is 3. The smallest absolute Gasteiger partial charge is 0.359 e. The van der Waals surface area contributed by atoms with Crippen molar-refractivity contribution >= 4 is 53.2 Å². The fourth-order valence-electron chi connectivity index (χ4n) is 3.53. The third-order valence-corrected chi connectivity index (χ3v) is 6.27. The summed E-state index contributed by atoms with van der Waals surface area (Å²) in [6.45, 7) is 1.58. The summed E-state index contributed by atoms with van der Waals surface area (Å²) in [5.41, 5.74) is 0.0945. The molecule has 0 saturated carbocycles. The quantitative estimate of drug-likeness (QED) is 0.190. The standard InChI is InChI=1S/C25H23F3N4O5S/c1-15(10-23(36)32(14-33)20-8-9-21(34)31-24(20)37)29-18-6-3-7-19(12-18)38-13-22(35)30-17-5-2-4-16(11-17)25(26,27)28/h2-7,10-12,14,20,29H,8-9,13H2,1H3,(H,30,35)(H,31,34,37)/b15-10+. The number of allylic oxidation sites excluding steroid dienone is 1. The van der Waals surface area contributed by atoms with Crippen molar-refractivity contribution in [1.29, 1.82) is 0 Å². The second kappa shape index (κ2) is 12.4. The van der Waals surface area contributed by atoms with Gasteiger partial charge in [-0.25, -0.2) is 0 Å². The lowest BCUT2D eigenvalue weighted by Gasteiger charge is -2.27. The zero-order chi connectivity index (χ0) is 27.9. The van der Waals surface area contributed by atoms with Crippen molar-refractivity contribution in [1.82, 2.24) is 10.2 Å². The van der Waals surface area contributed by atoms with Gasteiger partial charge in [-0.2, -0.15) is 13.2 Å². The Balaban J connectivity index is 1.57. The van der Waals surface area contributed by atoms with Crippen molar-refractivity contribution in [3.8, 4) is 0 Å². The second-order valence-corrected chi connectivity index (χ2v) is 9.26. The Bertz CT molecular complexity index is 1280. The van der Waals surface area contributed by atoms with Crippen LogP contribution in [0.3, 0.4) is 0 Å². The number of alkyl halides is 3. The number of nitrogens with zero attached hydrogens (tertiary/aromatic N) is 1. The minimum absolute atomic E-state index is 0.0113. The van der Waals surface area contributed by atoms with Crippen LogP contribution < -0.4 is 16.0 Å². The molecule has 2 aromatic rings. The van der Waals surface area contributed by atoms with Crippen LogP contribution in [-0.2, 0) is 30.1 Å². The molecular weight excluding hydrogens is 525 g/mol. The monoisotopic (exact) mass is 548 g/mol. The number of thioether (sulfide) groups is 1. The Morgan fingerprint density at radius 1 is 1.11 bits per heavy atom. The van der Waals surface area contributed by atoms with Gasteiger partial charge in [0.05, 0.1) is 11.3 Å². The zero-order valence-electron chi connectivity index (χ0n) is 20.0. The Morgan fingerprint density at radius 2 is 1.79 bits per heavy atom. The summed E-state index contributed by atoms with van der Waals surface area (Å²) in [6, 6.07) is 10.1. The van der Waals surface area contributed by atoms with E-state index in [-0.39, 0.29) is 30.7 Å². The highest BCUT2D eigenvalue weighted by atomic mass is 32.2. The Hall–Kier alpha value is -4.13. The van der Waals surface area contributed by atoms with Crippen molar-refractivity contribution in [2.45, 2.75) is 36.9 Å². The first-order chi connectivity index (χ1) is 18.0. The number of amides is 5. The van der Waals surface area contributed by atoms with Gasteiger partial charge in [-0.1, -0.05) is 12.1 Å². The van der Waals surface area contributed by atoms with E-state index in [0.717, 1.165) is 34.9 Å². The van der Waals surface area contributed by atoms with E-state index in [1.807, 2.05) is 0 Å². The Kier molecular flexibility index (Phi) is 9.29. The molecule has 0 aromatic heterocycles. The number of anilines is 2. The normalized spacial score (nSPS) is 15.9. The van der Waals surface area contributed by atoms with Crippen LogP contribution in [-0.4, -0.2) is 46.7 Å². The maximum Gasteiger partial charge on any atom is 0.416 e. The summed E-state index contributed by atoms with van der Waals surface area (Å²) >= 11 is 1.15. The van der Waals surface area contributed by atoms with Crippen molar-refractivity contribution in [2.24, 2.45) is 0 Å². The molecule has 1 heterocycles. The molecule has 2 aromatic carbocycles. The third-order valence-electron chi connectivity index (χ3n) is 5.27. The van der Waals surface area contributed by atoms with E-state index >= 15 is 0 Å². The lowest BCUT2D eigenvalue weighted by Crippen LogP contribution is -2.53. The van der Waals surface area contributed by atoms with Gasteiger partial charge in [0.2, 0.25) is 24.1 Å². The molecule has 3 N–H and O–H groups in total. The lowest BCUT2D eigenvalue weighted by atomic mass is 10.0. The molecular formula is C25H23F3N4O5S. The SMILES string of the molecule is C/C(=C\C(=O)N(C=O)C1CCC(=O)NC1=O)Nc1cccc(SCC(=O)Nc2cccc(C(F)(F)F)c2)c1. The Labute approximate surface area is 219 Å². The summed E-state index contributed by atoms with van der Waals surface area (Å²) < 4.78 is 38.6. The molecule has 1 aliphatic heterocycles. The fraction of sp³-hybridized carbons (Fsp3) is 0.240. The molecule has 0 spiro atoms. The van der Waals surface area contributed by atoms with E-state index in [4.69, 9.17) is 0 Å². The number of carbonyl (C=O) groups is 5. The molecule has 0 aliphatic carbocycles. The van der Waals surface area contributed by atoms with E-state index in [2.05, 4.69) is 16.0 Å². The van der Waals surface area contributed by atoms with Gasteiger partial charge in [-0.15, -0.1) is 11.8 Å². The third kappa shape index (κ3) is 7.93. The summed E-state index contributed by atoms with van der Waals surface area (Å²) in [6.07, 6.45) is -3.08. The molecule has 1 unspecified atom stereocenters. The second-order valence-electron chi connectivity index (χ2n) is 8.21. The van der Waals surface area contributed by atoms with Crippen LogP contribution in [0, 0.1) is 0 Å². The highest BCUT2D eigenvalue weighted by Gasteiger charge is 2.34. The molecule has 0 bridgehead atoms. The van der Waals surface area contributed by atoms with Gasteiger partial charge in [0.1, 0.15) is 6.04 Å². The number of piperidine rings is 1. The molecule has 1 aliphatic rings. The summed E-state index contributed by atoms with van der Waals surface area (Å²) in [5.74, 6) is -2.48. The topological polar surface area (TPSA) is 125 Å². The molecule has 5 amide bonds. The molecule has 3 rings (SSSR count). The molecule has 200 valence electrons. The van der Waals surface area contributed by atoms with Crippen LogP contribution in [0.25, 0.3) is 0 Å². The number of rotatable bonds is 9. The van der Waals surface area contributed by atoms with Gasteiger partial charge in [0, 0.05) is 34.5 Å². The van der Waals surface area contributed by atoms with Crippen LogP contribution in [0.2, 0.25) is 0 Å². The van der Waals surface area contributed by atoms with Crippen LogP contribution in [0.15, 0.2) is 65.2 Å².